The quantitative estimate of drug-likeness (QED) is 0.801. The Morgan fingerprint density at radius 2 is 2.00 bits per heavy atom. The highest BCUT2D eigenvalue weighted by Gasteiger charge is 2.39. The summed E-state index contributed by atoms with van der Waals surface area (Å²) in [4.78, 5) is 25.4. The molecule has 1 aliphatic heterocycles. The van der Waals surface area contributed by atoms with E-state index in [2.05, 4.69) is 5.32 Å². The number of likely N-dealkylation sites (tertiary alicyclic amines) is 1. The first-order valence-corrected chi connectivity index (χ1v) is 7.25. The van der Waals surface area contributed by atoms with E-state index in [-0.39, 0.29) is 41.7 Å². The van der Waals surface area contributed by atoms with Gasteiger partial charge in [0.1, 0.15) is 0 Å². The van der Waals surface area contributed by atoms with Gasteiger partial charge in [-0.05, 0) is 26.2 Å². The summed E-state index contributed by atoms with van der Waals surface area (Å²) in [5, 5.41) is 3.08. The van der Waals surface area contributed by atoms with Crippen LogP contribution >= 0.6 is 12.4 Å². The number of halogens is 1. The number of nitrogens with zero attached hydrogens (tertiary/aromatic N) is 1. The minimum absolute atomic E-state index is 0. The number of amides is 2. The lowest BCUT2D eigenvalue weighted by atomic mass is 9.74. The maximum Gasteiger partial charge on any atom is 0.225 e. The zero-order chi connectivity index (χ0) is 14.0. The van der Waals surface area contributed by atoms with Crippen LogP contribution in [0.1, 0.15) is 46.0 Å². The summed E-state index contributed by atoms with van der Waals surface area (Å²) >= 11 is 0. The fourth-order valence-corrected chi connectivity index (χ4v) is 3.25. The van der Waals surface area contributed by atoms with Crippen molar-refractivity contribution in [2.45, 2.75) is 57.5 Å². The van der Waals surface area contributed by atoms with E-state index in [1.165, 1.54) is 0 Å². The van der Waals surface area contributed by atoms with E-state index in [9.17, 15) is 9.59 Å². The third kappa shape index (κ3) is 3.85. The zero-order valence-electron chi connectivity index (χ0n) is 12.4. The van der Waals surface area contributed by atoms with E-state index in [4.69, 9.17) is 5.73 Å². The van der Waals surface area contributed by atoms with Gasteiger partial charge in [-0.15, -0.1) is 12.4 Å². The average molecular weight is 304 g/mol. The van der Waals surface area contributed by atoms with Crippen LogP contribution in [0.3, 0.4) is 0 Å². The van der Waals surface area contributed by atoms with Gasteiger partial charge in [-0.3, -0.25) is 9.59 Å². The molecule has 3 N–H and O–H groups in total. The molecular weight excluding hydrogens is 278 g/mol. The van der Waals surface area contributed by atoms with Crippen LogP contribution in [-0.2, 0) is 9.59 Å². The zero-order valence-corrected chi connectivity index (χ0v) is 13.2. The Kier molecular flexibility index (Phi) is 5.83. The van der Waals surface area contributed by atoms with Crippen molar-refractivity contribution in [3.63, 3.8) is 0 Å². The van der Waals surface area contributed by atoms with Crippen LogP contribution in [0.15, 0.2) is 0 Å². The van der Waals surface area contributed by atoms with Gasteiger partial charge in [-0.25, -0.2) is 0 Å². The number of nitrogens with one attached hydrogen (secondary N) is 1. The highest BCUT2D eigenvalue weighted by Crippen LogP contribution is 2.31. The molecule has 0 bridgehead atoms. The average Bonchev–Trinajstić information content (AvgIpc) is 2.76. The van der Waals surface area contributed by atoms with Crippen LogP contribution in [0, 0.1) is 5.92 Å². The second-order valence-electron chi connectivity index (χ2n) is 6.26. The lowest BCUT2D eigenvalue weighted by Crippen LogP contribution is -2.54. The largest absolute Gasteiger partial charge is 0.351 e. The van der Waals surface area contributed by atoms with Crippen LogP contribution in [-0.4, -0.2) is 41.4 Å². The van der Waals surface area contributed by atoms with Crippen molar-refractivity contribution in [1.82, 2.24) is 10.2 Å². The number of hydrogen-bond acceptors (Lipinski definition) is 3. The molecule has 0 spiro atoms. The van der Waals surface area contributed by atoms with Crippen molar-refractivity contribution < 1.29 is 9.59 Å². The SMILES string of the molecule is CC(=O)N1CCC(NC(=O)C2CCCCC2(C)N)C1.Cl. The Balaban J connectivity index is 0.00000200. The molecule has 2 fully saturated rings. The summed E-state index contributed by atoms with van der Waals surface area (Å²) in [6.45, 7) is 4.93. The van der Waals surface area contributed by atoms with Gasteiger partial charge >= 0.3 is 0 Å². The first kappa shape index (κ1) is 17.2. The molecule has 20 heavy (non-hydrogen) atoms. The molecule has 3 atom stereocenters. The second kappa shape index (κ2) is 6.76. The van der Waals surface area contributed by atoms with Crippen LogP contribution in [0.5, 0.6) is 0 Å². The van der Waals surface area contributed by atoms with Crippen LogP contribution in [0.2, 0.25) is 0 Å². The number of rotatable bonds is 2. The minimum atomic E-state index is -0.388. The smallest absolute Gasteiger partial charge is 0.225 e. The highest BCUT2D eigenvalue weighted by atomic mass is 35.5. The number of carbonyl (C=O) groups excluding carboxylic acids is 2. The van der Waals surface area contributed by atoms with E-state index in [0.717, 1.165) is 38.6 Å². The Bertz CT molecular complexity index is 373. The predicted molar refractivity (Wildman–Crippen MR) is 80.6 cm³/mol. The summed E-state index contributed by atoms with van der Waals surface area (Å²) in [5.74, 6) is 0.0609. The molecule has 5 nitrogen and oxygen atoms in total. The van der Waals surface area contributed by atoms with Crippen LogP contribution in [0.25, 0.3) is 0 Å². The van der Waals surface area contributed by atoms with Gasteiger partial charge in [0.15, 0.2) is 0 Å². The fourth-order valence-electron chi connectivity index (χ4n) is 3.25. The van der Waals surface area contributed by atoms with Gasteiger partial charge < -0.3 is 16.0 Å². The van der Waals surface area contributed by atoms with E-state index < -0.39 is 0 Å². The van der Waals surface area contributed by atoms with Crippen LogP contribution < -0.4 is 11.1 Å². The summed E-state index contributed by atoms with van der Waals surface area (Å²) in [5.41, 5.74) is 5.86. The summed E-state index contributed by atoms with van der Waals surface area (Å²) in [6.07, 6.45) is 4.82. The summed E-state index contributed by atoms with van der Waals surface area (Å²) < 4.78 is 0. The molecule has 1 heterocycles. The summed E-state index contributed by atoms with van der Waals surface area (Å²) in [6, 6.07) is 0.0918. The van der Waals surface area contributed by atoms with Gasteiger partial charge in [0.05, 0.1) is 5.92 Å². The predicted octanol–water partition coefficient (Wildman–Crippen LogP) is 1.05. The van der Waals surface area contributed by atoms with E-state index in [1.54, 1.807) is 11.8 Å². The first-order valence-electron chi connectivity index (χ1n) is 7.25. The Hall–Kier alpha value is -0.810. The molecule has 0 aromatic carbocycles. The summed E-state index contributed by atoms with van der Waals surface area (Å²) in [7, 11) is 0. The van der Waals surface area contributed by atoms with Crippen molar-refractivity contribution in [3.8, 4) is 0 Å². The molecule has 1 saturated carbocycles. The number of carbonyl (C=O) groups is 2. The number of nitrogens with two attached hydrogens (primary N) is 1. The molecule has 0 radical (unpaired) electrons. The third-order valence-corrected chi connectivity index (χ3v) is 4.55. The van der Waals surface area contributed by atoms with Gasteiger partial charge in [0.2, 0.25) is 11.8 Å². The second-order valence-corrected chi connectivity index (χ2v) is 6.26. The van der Waals surface area contributed by atoms with Gasteiger partial charge in [0, 0.05) is 31.6 Å². The van der Waals surface area contributed by atoms with Crippen molar-refractivity contribution >= 4 is 24.2 Å². The van der Waals surface area contributed by atoms with Gasteiger partial charge in [-0.1, -0.05) is 12.8 Å². The maximum absolute atomic E-state index is 12.4. The molecule has 3 unspecified atom stereocenters. The normalized spacial score (nSPS) is 33.5. The molecule has 116 valence electrons. The molecule has 1 aliphatic carbocycles. The van der Waals surface area contributed by atoms with Gasteiger partial charge in [-0.2, -0.15) is 0 Å². The first-order chi connectivity index (χ1) is 8.90. The van der Waals surface area contributed by atoms with E-state index in [0.29, 0.717) is 6.54 Å². The highest BCUT2D eigenvalue weighted by molar-refractivity contribution is 5.85. The lowest BCUT2D eigenvalue weighted by Gasteiger charge is -2.37. The Labute approximate surface area is 127 Å². The minimum Gasteiger partial charge on any atom is -0.351 e. The molecule has 0 aromatic heterocycles. The molecule has 2 rings (SSSR count). The van der Waals surface area contributed by atoms with Crippen LogP contribution in [0.4, 0.5) is 0 Å². The molecule has 2 amide bonds. The van der Waals surface area contributed by atoms with E-state index in [1.807, 2.05) is 6.92 Å². The van der Waals surface area contributed by atoms with Crippen molar-refractivity contribution in [3.05, 3.63) is 0 Å². The van der Waals surface area contributed by atoms with E-state index >= 15 is 0 Å². The molecule has 2 aliphatic rings. The van der Waals surface area contributed by atoms with Crippen molar-refractivity contribution in [2.75, 3.05) is 13.1 Å². The lowest BCUT2D eigenvalue weighted by molar-refractivity contribution is -0.130. The Morgan fingerprint density at radius 3 is 2.55 bits per heavy atom. The molecule has 0 aromatic rings. The fraction of sp³-hybridized carbons (Fsp3) is 0.857. The standard InChI is InChI=1S/C14H25N3O2.ClH/c1-10(18)17-8-6-11(9-17)16-13(19)12-5-3-4-7-14(12,2)15;/h11-12H,3-9,15H2,1-2H3,(H,16,19);1H. The van der Waals surface area contributed by atoms with Crippen molar-refractivity contribution in [2.24, 2.45) is 11.7 Å². The van der Waals surface area contributed by atoms with Gasteiger partial charge in [0.25, 0.3) is 0 Å². The molecule has 1 saturated heterocycles. The van der Waals surface area contributed by atoms with Crippen molar-refractivity contribution in [1.29, 1.82) is 0 Å². The number of hydrogen-bond donors (Lipinski definition) is 2. The monoisotopic (exact) mass is 303 g/mol. The third-order valence-electron chi connectivity index (χ3n) is 4.55. The molecular formula is C14H26ClN3O2. The molecule has 6 heteroatoms. The Morgan fingerprint density at radius 1 is 1.30 bits per heavy atom. The maximum atomic E-state index is 12.4. The topological polar surface area (TPSA) is 75.4 Å².